The van der Waals surface area contributed by atoms with Gasteiger partial charge >= 0.3 is 0 Å². The van der Waals surface area contributed by atoms with Crippen LogP contribution in [0.3, 0.4) is 0 Å². The third kappa shape index (κ3) is 2.52. The number of benzene rings is 1. The third-order valence-corrected chi connectivity index (χ3v) is 6.08. The molecule has 1 N–H and O–H groups in total. The molecule has 2 saturated heterocycles. The molecule has 5 heteroatoms. The van der Waals surface area contributed by atoms with Gasteiger partial charge in [-0.05, 0) is 55.9 Å². The van der Waals surface area contributed by atoms with Crippen LogP contribution in [0.4, 0.5) is 0 Å². The van der Waals surface area contributed by atoms with Crippen LogP contribution < -0.4 is 5.32 Å². The summed E-state index contributed by atoms with van der Waals surface area (Å²) in [6, 6.07) is 4.01. The molecule has 1 aromatic rings. The minimum Gasteiger partial charge on any atom is -0.347 e. The van der Waals surface area contributed by atoms with Gasteiger partial charge < -0.3 is 14.8 Å². The smallest absolute Gasteiger partial charge is 0.236 e. The van der Waals surface area contributed by atoms with E-state index < -0.39 is 17.2 Å². The van der Waals surface area contributed by atoms with Gasteiger partial charge in [0.15, 0.2) is 11.6 Å². The van der Waals surface area contributed by atoms with Gasteiger partial charge in [-0.15, -0.1) is 0 Å². The standard InChI is InChI=1S/C20H25NO4/c1-12-8-14(3)15(9-13(12)2)16-17(22)19(21-18(16)23)10-24-20(25-11-19)6-4-5-7-20/h8-9,16H,4-7,10-11H2,1-3H3,(H,21,23). The zero-order valence-electron chi connectivity index (χ0n) is 15.1. The summed E-state index contributed by atoms with van der Waals surface area (Å²) in [4.78, 5) is 25.9. The molecule has 0 aromatic heterocycles. The number of ketones is 1. The van der Waals surface area contributed by atoms with Gasteiger partial charge in [-0.3, -0.25) is 9.59 Å². The average molecular weight is 343 g/mol. The number of carbonyl (C=O) groups is 2. The highest BCUT2D eigenvalue weighted by Crippen LogP contribution is 2.42. The van der Waals surface area contributed by atoms with Crippen molar-refractivity contribution >= 4 is 11.7 Å². The highest BCUT2D eigenvalue weighted by molar-refractivity contribution is 6.17. The number of nitrogens with one attached hydrogen (secondary N) is 1. The lowest BCUT2D eigenvalue weighted by atomic mass is 9.84. The molecule has 1 aromatic carbocycles. The Morgan fingerprint density at radius 1 is 0.960 bits per heavy atom. The van der Waals surface area contributed by atoms with Crippen LogP contribution in [0.15, 0.2) is 12.1 Å². The van der Waals surface area contributed by atoms with E-state index >= 15 is 0 Å². The van der Waals surface area contributed by atoms with Gasteiger partial charge in [0.25, 0.3) is 0 Å². The molecule has 0 radical (unpaired) electrons. The van der Waals surface area contributed by atoms with Crippen LogP contribution in [0.2, 0.25) is 0 Å². The summed E-state index contributed by atoms with van der Waals surface area (Å²) in [6.07, 6.45) is 3.89. The molecule has 1 atom stereocenters. The number of ether oxygens (including phenoxy) is 2. The van der Waals surface area contributed by atoms with Crippen molar-refractivity contribution in [3.63, 3.8) is 0 Å². The lowest BCUT2D eigenvalue weighted by Gasteiger charge is -2.42. The molecule has 4 rings (SSSR count). The van der Waals surface area contributed by atoms with Crippen molar-refractivity contribution in [3.05, 3.63) is 34.4 Å². The van der Waals surface area contributed by atoms with Gasteiger partial charge in [0.05, 0.1) is 13.2 Å². The fraction of sp³-hybridized carbons (Fsp3) is 0.600. The molecule has 2 spiro atoms. The Labute approximate surface area is 148 Å². The molecule has 2 aliphatic heterocycles. The molecule has 0 bridgehead atoms. The van der Waals surface area contributed by atoms with Crippen LogP contribution in [-0.2, 0) is 19.1 Å². The Bertz CT molecular complexity index is 738. The predicted molar refractivity (Wildman–Crippen MR) is 92.4 cm³/mol. The number of Topliss-reactive ketones (excluding diaryl/α,β-unsaturated/α-hetero) is 1. The van der Waals surface area contributed by atoms with Crippen molar-refractivity contribution in [3.8, 4) is 0 Å². The first-order chi connectivity index (χ1) is 11.9. The zero-order chi connectivity index (χ0) is 17.8. The van der Waals surface area contributed by atoms with E-state index in [9.17, 15) is 9.59 Å². The second kappa shape index (κ2) is 5.64. The monoisotopic (exact) mass is 343 g/mol. The second-order valence-electron chi connectivity index (χ2n) is 7.86. The van der Waals surface area contributed by atoms with Crippen molar-refractivity contribution in [1.82, 2.24) is 5.32 Å². The number of rotatable bonds is 1. The SMILES string of the molecule is Cc1cc(C)c(C2C(=O)NC3(COC4(CCCC4)OC3)C2=O)cc1C. The molecule has 2 heterocycles. The minimum absolute atomic E-state index is 0.128. The zero-order valence-corrected chi connectivity index (χ0v) is 15.1. The summed E-state index contributed by atoms with van der Waals surface area (Å²) in [5.41, 5.74) is 2.97. The summed E-state index contributed by atoms with van der Waals surface area (Å²) >= 11 is 0. The van der Waals surface area contributed by atoms with Crippen LogP contribution in [0.25, 0.3) is 0 Å². The Balaban J connectivity index is 1.62. The average Bonchev–Trinajstić information content (AvgIpc) is 3.12. The highest BCUT2D eigenvalue weighted by atomic mass is 16.7. The van der Waals surface area contributed by atoms with Crippen LogP contribution in [-0.4, -0.2) is 36.2 Å². The molecule has 1 unspecified atom stereocenters. The van der Waals surface area contributed by atoms with E-state index in [0.717, 1.165) is 47.9 Å². The molecule has 1 saturated carbocycles. The number of hydrogen-bond donors (Lipinski definition) is 1. The van der Waals surface area contributed by atoms with E-state index in [4.69, 9.17) is 9.47 Å². The number of carbonyl (C=O) groups excluding carboxylic acids is 2. The summed E-state index contributed by atoms with van der Waals surface area (Å²) in [5.74, 6) is -1.68. The van der Waals surface area contributed by atoms with E-state index in [1.165, 1.54) is 0 Å². The van der Waals surface area contributed by atoms with Gasteiger partial charge in [-0.2, -0.15) is 0 Å². The quantitative estimate of drug-likeness (QED) is 0.796. The van der Waals surface area contributed by atoms with Gasteiger partial charge in [0.2, 0.25) is 5.91 Å². The van der Waals surface area contributed by atoms with E-state index in [2.05, 4.69) is 5.32 Å². The van der Waals surface area contributed by atoms with Crippen molar-refractivity contribution in [2.45, 2.75) is 63.7 Å². The fourth-order valence-corrected chi connectivity index (χ4v) is 4.35. The normalized spacial score (nSPS) is 27.2. The van der Waals surface area contributed by atoms with Crippen LogP contribution in [0.5, 0.6) is 0 Å². The molecule has 25 heavy (non-hydrogen) atoms. The number of amides is 1. The maximum atomic E-state index is 13.2. The van der Waals surface area contributed by atoms with Crippen LogP contribution in [0.1, 0.15) is 53.9 Å². The molecule has 3 fully saturated rings. The number of hydrogen-bond acceptors (Lipinski definition) is 4. The Morgan fingerprint density at radius 3 is 2.20 bits per heavy atom. The van der Waals surface area contributed by atoms with E-state index in [0.29, 0.717) is 0 Å². The second-order valence-corrected chi connectivity index (χ2v) is 7.86. The van der Waals surface area contributed by atoms with Crippen molar-refractivity contribution in [2.24, 2.45) is 0 Å². The summed E-state index contributed by atoms with van der Waals surface area (Å²) in [6.45, 7) is 6.40. The molecule has 3 aliphatic rings. The molecule has 134 valence electrons. The third-order valence-electron chi connectivity index (χ3n) is 6.08. The first-order valence-electron chi connectivity index (χ1n) is 9.08. The largest absolute Gasteiger partial charge is 0.347 e. The minimum atomic E-state index is -1.04. The van der Waals surface area contributed by atoms with Crippen molar-refractivity contribution in [2.75, 3.05) is 13.2 Å². The molecule has 1 aliphatic carbocycles. The first kappa shape index (κ1) is 16.7. The predicted octanol–water partition coefficient (Wildman–Crippen LogP) is 2.45. The molecular formula is C20H25NO4. The Morgan fingerprint density at radius 2 is 1.56 bits per heavy atom. The Kier molecular flexibility index (Phi) is 3.78. The summed E-state index contributed by atoms with van der Waals surface area (Å²) in [5, 5.41) is 2.90. The van der Waals surface area contributed by atoms with Gasteiger partial charge in [0, 0.05) is 12.8 Å². The molecular weight excluding hydrogens is 318 g/mol. The van der Waals surface area contributed by atoms with Crippen LogP contribution in [0, 0.1) is 20.8 Å². The highest BCUT2D eigenvalue weighted by Gasteiger charge is 2.58. The topological polar surface area (TPSA) is 64.6 Å². The molecule has 5 nitrogen and oxygen atoms in total. The maximum absolute atomic E-state index is 13.2. The lowest BCUT2D eigenvalue weighted by Crippen LogP contribution is -2.61. The van der Waals surface area contributed by atoms with Crippen molar-refractivity contribution < 1.29 is 19.1 Å². The Hall–Kier alpha value is -1.72. The van der Waals surface area contributed by atoms with Gasteiger partial charge in [0.1, 0.15) is 11.5 Å². The molecule has 1 amide bonds. The summed E-state index contributed by atoms with van der Waals surface area (Å²) < 4.78 is 12.0. The van der Waals surface area contributed by atoms with Crippen molar-refractivity contribution in [1.29, 1.82) is 0 Å². The van der Waals surface area contributed by atoms with Crippen LogP contribution >= 0.6 is 0 Å². The maximum Gasteiger partial charge on any atom is 0.236 e. The number of aryl methyl sites for hydroxylation is 3. The van der Waals surface area contributed by atoms with Gasteiger partial charge in [-0.1, -0.05) is 12.1 Å². The van der Waals surface area contributed by atoms with E-state index in [-0.39, 0.29) is 24.9 Å². The van der Waals surface area contributed by atoms with E-state index in [1.807, 2.05) is 32.9 Å². The van der Waals surface area contributed by atoms with E-state index in [1.54, 1.807) is 0 Å². The first-order valence-corrected chi connectivity index (χ1v) is 9.08. The lowest BCUT2D eigenvalue weighted by molar-refractivity contribution is -0.280. The summed E-state index contributed by atoms with van der Waals surface area (Å²) in [7, 11) is 0. The van der Waals surface area contributed by atoms with Gasteiger partial charge in [-0.25, -0.2) is 0 Å². The fourth-order valence-electron chi connectivity index (χ4n) is 4.35.